The first-order valence-electron chi connectivity index (χ1n) is 9.39. The lowest BCUT2D eigenvalue weighted by atomic mass is 10.2. The third-order valence-corrected chi connectivity index (χ3v) is 4.80. The summed E-state index contributed by atoms with van der Waals surface area (Å²) in [5.74, 6) is -1.57. The fourth-order valence-electron chi connectivity index (χ4n) is 3.14. The number of imidazole rings is 1. The summed E-state index contributed by atoms with van der Waals surface area (Å²) in [5, 5.41) is 2.46. The van der Waals surface area contributed by atoms with E-state index in [4.69, 9.17) is 0 Å². The SMILES string of the molecule is COC(=O)Nc1ccc(-c2cnc3ccc(C(=O)N(C)c4cc(F)ccc4F)cn23)cn1. The Labute approximate surface area is 181 Å². The summed E-state index contributed by atoms with van der Waals surface area (Å²) in [6, 6.07) is 9.45. The maximum atomic E-state index is 14.1. The zero-order valence-electron chi connectivity index (χ0n) is 17.0. The van der Waals surface area contributed by atoms with Crippen LogP contribution in [0.5, 0.6) is 0 Å². The van der Waals surface area contributed by atoms with Crippen LogP contribution < -0.4 is 10.2 Å². The van der Waals surface area contributed by atoms with Crippen molar-refractivity contribution in [2.75, 3.05) is 24.4 Å². The molecule has 10 heteroatoms. The fourth-order valence-corrected chi connectivity index (χ4v) is 3.14. The molecule has 1 N–H and O–H groups in total. The molecule has 0 spiro atoms. The Morgan fingerprint density at radius 2 is 1.88 bits per heavy atom. The van der Waals surface area contributed by atoms with Crippen LogP contribution in [0, 0.1) is 11.6 Å². The topological polar surface area (TPSA) is 88.8 Å². The molecule has 0 bridgehead atoms. The molecule has 0 atom stereocenters. The molecule has 0 saturated heterocycles. The van der Waals surface area contributed by atoms with Gasteiger partial charge in [-0.2, -0.15) is 0 Å². The quantitative estimate of drug-likeness (QED) is 0.519. The number of pyridine rings is 2. The molecule has 0 unspecified atom stereocenters. The van der Waals surface area contributed by atoms with E-state index in [1.807, 2.05) is 0 Å². The van der Waals surface area contributed by atoms with Gasteiger partial charge in [-0.3, -0.25) is 14.5 Å². The first-order valence-corrected chi connectivity index (χ1v) is 9.39. The van der Waals surface area contributed by atoms with E-state index in [1.54, 1.807) is 41.1 Å². The van der Waals surface area contributed by atoms with Gasteiger partial charge in [0.2, 0.25) is 0 Å². The molecule has 2 amide bonds. The number of benzene rings is 1. The Kier molecular flexibility index (Phi) is 5.50. The molecule has 4 aromatic rings. The van der Waals surface area contributed by atoms with Crippen LogP contribution >= 0.6 is 0 Å². The van der Waals surface area contributed by atoms with Crippen molar-refractivity contribution >= 4 is 29.2 Å². The van der Waals surface area contributed by atoms with Crippen LogP contribution in [0.4, 0.5) is 25.1 Å². The maximum Gasteiger partial charge on any atom is 0.412 e. The van der Waals surface area contributed by atoms with Gasteiger partial charge in [-0.05, 0) is 36.4 Å². The van der Waals surface area contributed by atoms with Crippen molar-refractivity contribution in [1.82, 2.24) is 14.4 Å². The van der Waals surface area contributed by atoms with E-state index in [0.717, 1.165) is 23.1 Å². The summed E-state index contributed by atoms with van der Waals surface area (Å²) >= 11 is 0. The van der Waals surface area contributed by atoms with Gasteiger partial charge < -0.3 is 9.64 Å². The van der Waals surface area contributed by atoms with Crippen LogP contribution in [0.3, 0.4) is 0 Å². The summed E-state index contributed by atoms with van der Waals surface area (Å²) in [7, 11) is 2.62. The first-order chi connectivity index (χ1) is 15.4. The Morgan fingerprint density at radius 1 is 1.06 bits per heavy atom. The second kappa shape index (κ2) is 8.42. The minimum Gasteiger partial charge on any atom is -0.453 e. The lowest BCUT2D eigenvalue weighted by Gasteiger charge is -2.18. The van der Waals surface area contributed by atoms with Gasteiger partial charge in [-0.15, -0.1) is 0 Å². The van der Waals surface area contributed by atoms with Crippen LogP contribution in [0.2, 0.25) is 0 Å². The Morgan fingerprint density at radius 3 is 2.59 bits per heavy atom. The van der Waals surface area contributed by atoms with Crippen molar-refractivity contribution in [1.29, 1.82) is 0 Å². The van der Waals surface area contributed by atoms with E-state index in [9.17, 15) is 18.4 Å². The normalized spacial score (nSPS) is 10.8. The summed E-state index contributed by atoms with van der Waals surface area (Å²) in [6.07, 6.45) is 4.08. The predicted molar refractivity (Wildman–Crippen MR) is 114 cm³/mol. The third kappa shape index (κ3) is 3.97. The molecule has 3 heterocycles. The molecular weight excluding hydrogens is 420 g/mol. The summed E-state index contributed by atoms with van der Waals surface area (Å²) in [5.41, 5.74) is 1.99. The molecule has 1 aromatic carbocycles. The largest absolute Gasteiger partial charge is 0.453 e. The van der Waals surface area contributed by atoms with Gasteiger partial charge in [0.05, 0.1) is 30.3 Å². The first kappa shape index (κ1) is 20.9. The lowest BCUT2D eigenvalue weighted by molar-refractivity contribution is 0.0991. The molecule has 0 aliphatic carbocycles. The number of hydrogen-bond acceptors (Lipinski definition) is 5. The minimum atomic E-state index is -0.710. The number of halogens is 2. The van der Waals surface area contributed by atoms with Gasteiger partial charge in [-0.25, -0.2) is 23.5 Å². The highest BCUT2D eigenvalue weighted by Gasteiger charge is 2.19. The Balaban J connectivity index is 1.66. The number of amides is 2. The molecular formula is C22H17F2N5O3. The highest BCUT2D eigenvalue weighted by Crippen LogP contribution is 2.24. The second-order valence-electron chi connectivity index (χ2n) is 6.80. The molecule has 32 heavy (non-hydrogen) atoms. The number of rotatable bonds is 4. The number of anilines is 2. The minimum absolute atomic E-state index is 0.168. The van der Waals surface area contributed by atoms with Crippen LogP contribution in [-0.4, -0.2) is 40.5 Å². The molecule has 3 aromatic heterocycles. The van der Waals surface area contributed by atoms with Gasteiger partial charge in [0.15, 0.2) is 0 Å². The van der Waals surface area contributed by atoms with E-state index in [2.05, 4.69) is 20.0 Å². The summed E-state index contributed by atoms with van der Waals surface area (Å²) in [4.78, 5) is 33.8. The number of aromatic nitrogens is 3. The van der Waals surface area contributed by atoms with Gasteiger partial charge in [0.1, 0.15) is 23.1 Å². The highest BCUT2D eigenvalue weighted by molar-refractivity contribution is 6.05. The van der Waals surface area contributed by atoms with E-state index < -0.39 is 23.6 Å². The van der Waals surface area contributed by atoms with Crippen molar-refractivity contribution in [2.45, 2.75) is 0 Å². The predicted octanol–water partition coefficient (Wildman–Crippen LogP) is 4.13. The van der Waals surface area contributed by atoms with Crippen molar-refractivity contribution in [3.63, 3.8) is 0 Å². The average Bonchev–Trinajstić information content (AvgIpc) is 3.23. The van der Waals surface area contributed by atoms with Crippen molar-refractivity contribution in [2.24, 2.45) is 0 Å². The highest BCUT2D eigenvalue weighted by atomic mass is 19.1. The maximum absolute atomic E-state index is 14.1. The van der Waals surface area contributed by atoms with Crippen molar-refractivity contribution in [3.05, 3.63) is 78.3 Å². The van der Waals surface area contributed by atoms with Gasteiger partial charge in [0.25, 0.3) is 5.91 Å². The number of ether oxygens (including phenoxy) is 1. The van der Waals surface area contributed by atoms with Crippen LogP contribution in [0.25, 0.3) is 16.9 Å². The van der Waals surface area contributed by atoms with Crippen LogP contribution in [-0.2, 0) is 4.74 Å². The molecule has 162 valence electrons. The Hall–Kier alpha value is -4.34. The third-order valence-electron chi connectivity index (χ3n) is 4.80. The van der Waals surface area contributed by atoms with E-state index in [-0.39, 0.29) is 11.3 Å². The molecule has 0 saturated carbocycles. The fraction of sp³-hybridized carbons (Fsp3) is 0.0909. The monoisotopic (exact) mass is 437 g/mol. The number of fused-ring (bicyclic) bond motifs is 1. The second-order valence-corrected chi connectivity index (χ2v) is 6.80. The summed E-state index contributed by atoms with van der Waals surface area (Å²) < 4.78 is 33.9. The summed E-state index contributed by atoms with van der Waals surface area (Å²) in [6.45, 7) is 0. The zero-order chi connectivity index (χ0) is 22.8. The Bertz CT molecular complexity index is 1320. The van der Waals surface area contributed by atoms with E-state index in [0.29, 0.717) is 22.7 Å². The number of carbonyl (C=O) groups excluding carboxylic acids is 2. The van der Waals surface area contributed by atoms with Crippen molar-refractivity contribution in [3.8, 4) is 11.3 Å². The number of methoxy groups -OCH3 is 1. The van der Waals surface area contributed by atoms with Crippen molar-refractivity contribution < 1.29 is 23.1 Å². The number of hydrogen-bond donors (Lipinski definition) is 1. The van der Waals surface area contributed by atoms with E-state index in [1.165, 1.54) is 20.4 Å². The van der Waals surface area contributed by atoms with E-state index >= 15 is 0 Å². The van der Waals surface area contributed by atoms with Gasteiger partial charge >= 0.3 is 6.09 Å². The molecule has 0 radical (unpaired) electrons. The molecule has 0 aliphatic rings. The number of carbonyl (C=O) groups is 2. The average molecular weight is 437 g/mol. The molecule has 0 aliphatic heterocycles. The molecule has 4 rings (SSSR count). The van der Waals surface area contributed by atoms with Crippen LogP contribution in [0.1, 0.15) is 10.4 Å². The number of nitrogens with zero attached hydrogens (tertiary/aromatic N) is 4. The number of nitrogens with one attached hydrogen (secondary N) is 1. The van der Waals surface area contributed by atoms with Crippen LogP contribution in [0.15, 0.2) is 61.1 Å². The molecule has 0 fully saturated rings. The zero-order valence-corrected chi connectivity index (χ0v) is 17.0. The molecule has 8 nitrogen and oxygen atoms in total. The lowest BCUT2D eigenvalue weighted by Crippen LogP contribution is -2.27. The van der Waals surface area contributed by atoms with Gasteiger partial charge in [0, 0.05) is 31.1 Å². The standard InChI is InChI=1S/C22H17F2N5O3/c1-28(17-9-15(23)5-6-16(17)24)21(30)14-4-8-20-26-11-18(29(20)12-14)13-3-7-19(25-10-13)27-22(31)32-2/h3-12H,1-2H3,(H,25,27,31). The van der Waals surface area contributed by atoms with Gasteiger partial charge in [-0.1, -0.05) is 0 Å². The smallest absolute Gasteiger partial charge is 0.412 e.